The van der Waals surface area contributed by atoms with Gasteiger partial charge in [-0.25, -0.2) is 0 Å². The summed E-state index contributed by atoms with van der Waals surface area (Å²) in [7, 11) is 0. The van der Waals surface area contributed by atoms with Crippen LogP contribution in [0.1, 0.15) is 25.8 Å². The van der Waals surface area contributed by atoms with E-state index < -0.39 is 0 Å². The Kier molecular flexibility index (Phi) is 7.96. The van der Waals surface area contributed by atoms with Crippen molar-refractivity contribution in [2.24, 2.45) is 10.9 Å². The number of benzene rings is 1. The molecule has 0 aromatic heterocycles. The van der Waals surface area contributed by atoms with Crippen molar-refractivity contribution in [3.8, 4) is 0 Å². The molecule has 0 saturated carbocycles. The van der Waals surface area contributed by atoms with E-state index in [0.29, 0.717) is 0 Å². The third-order valence-corrected chi connectivity index (χ3v) is 5.88. The zero-order chi connectivity index (χ0) is 18.9. The monoisotopic (exact) mass is 371 g/mol. The number of likely N-dealkylation sites (tertiary alicyclic amines) is 1. The summed E-state index contributed by atoms with van der Waals surface area (Å²) < 4.78 is 0. The zero-order valence-corrected chi connectivity index (χ0v) is 17.2. The molecule has 1 aromatic rings. The predicted molar refractivity (Wildman–Crippen MR) is 114 cm³/mol. The van der Waals surface area contributed by atoms with Gasteiger partial charge in [0.2, 0.25) is 0 Å². The summed E-state index contributed by atoms with van der Waals surface area (Å²) in [4.78, 5) is 12.5. The highest BCUT2D eigenvalue weighted by molar-refractivity contribution is 5.80. The number of rotatable bonds is 7. The van der Waals surface area contributed by atoms with Crippen molar-refractivity contribution < 1.29 is 0 Å². The molecular weight excluding hydrogens is 334 g/mol. The fraction of sp³-hybridized carbons (Fsp3) is 0.682. The van der Waals surface area contributed by atoms with Crippen molar-refractivity contribution in [1.82, 2.24) is 20.0 Å². The van der Waals surface area contributed by atoms with Gasteiger partial charge in [0.1, 0.15) is 0 Å². The number of nitrogens with zero attached hydrogens (tertiary/aromatic N) is 4. The molecule has 2 heterocycles. The van der Waals surface area contributed by atoms with Crippen LogP contribution in [0.25, 0.3) is 0 Å². The zero-order valence-electron chi connectivity index (χ0n) is 17.2. The maximum Gasteiger partial charge on any atom is 0.193 e. The van der Waals surface area contributed by atoms with Gasteiger partial charge in [0, 0.05) is 52.4 Å². The second-order valence-electron chi connectivity index (χ2n) is 7.80. The smallest absolute Gasteiger partial charge is 0.193 e. The van der Waals surface area contributed by atoms with E-state index in [1.54, 1.807) is 0 Å². The van der Waals surface area contributed by atoms with Gasteiger partial charge in [-0.3, -0.25) is 9.89 Å². The number of nitrogens with one attached hydrogen (secondary N) is 1. The number of hydrogen-bond donors (Lipinski definition) is 1. The second kappa shape index (κ2) is 10.7. The Balaban J connectivity index is 1.46. The summed E-state index contributed by atoms with van der Waals surface area (Å²) in [6, 6.07) is 10.9. The van der Waals surface area contributed by atoms with Gasteiger partial charge in [0.25, 0.3) is 0 Å². The van der Waals surface area contributed by atoms with Crippen molar-refractivity contribution in [3.63, 3.8) is 0 Å². The van der Waals surface area contributed by atoms with Gasteiger partial charge in [-0.2, -0.15) is 0 Å². The maximum atomic E-state index is 4.95. The van der Waals surface area contributed by atoms with Crippen LogP contribution in [0.5, 0.6) is 0 Å². The van der Waals surface area contributed by atoms with Crippen molar-refractivity contribution >= 4 is 5.96 Å². The molecule has 0 aliphatic carbocycles. The molecular formula is C22H37N5. The van der Waals surface area contributed by atoms with E-state index in [1.165, 1.54) is 51.1 Å². The molecule has 1 N–H and O–H groups in total. The summed E-state index contributed by atoms with van der Waals surface area (Å²) in [6.07, 6.45) is 2.44. The number of piperazine rings is 1. The molecule has 0 amide bonds. The van der Waals surface area contributed by atoms with Crippen LogP contribution in [0.2, 0.25) is 0 Å². The summed E-state index contributed by atoms with van der Waals surface area (Å²) in [6.45, 7) is 15.5. The largest absolute Gasteiger partial charge is 0.357 e. The Morgan fingerprint density at radius 3 is 2.48 bits per heavy atom. The van der Waals surface area contributed by atoms with E-state index >= 15 is 0 Å². The predicted octanol–water partition coefficient (Wildman–Crippen LogP) is 2.15. The van der Waals surface area contributed by atoms with Gasteiger partial charge in [-0.1, -0.05) is 37.3 Å². The SMILES string of the molecule is CCNC(=NCCN1CCN(CC)CC1)N1CCC(Cc2ccccc2)C1. The molecule has 5 nitrogen and oxygen atoms in total. The number of hydrogen-bond acceptors (Lipinski definition) is 3. The molecule has 1 unspecified atom stereocenters. The highest BCUT2D eigenvalue weighted by Gasteiger charge is 2.25. The minimum Gasteiger partial charge on any atom is -0.357 e. The van der Waals surface area contributed by atoms with Gasteiger partial charge < -0.3 is 15.1 Å². The fourth-order valence-corrected chi connectivity index (χ4v) is 4.19. The number of likely N-dealkylation sites (N-methyl/N-ethyl adjacent to an activating group) is 1. The Bertz CT molecular complexity index is 565. The van der Waals surface area contributed by atoms with E-state index in [4.69, 9.17) is 4.99 Å². The molecule has 150 valence electrons. The van der Waals surface area contributed by atoms with Crippen LogP contribution < -0.4 is 5.32 Å². The van der Waals surface area contributed by atoms with E-state index in [1.807, 2.05) is 0 Å². The van der Waals surface area contributed by atoms with Gasteiger partial charge in [-0.15, -0.1) is 0 Å². The fourth-order valence-electron chi connectivity index (χ4n) is 4.19. The number of guanidine groups is 1. The molecule has 2 aliphatic heterocycles. The lowest BCUT2D eigenvalue weighted by Gasteiger charge is -2.33. The molecule has 0 bridgehead atoms. The standard InChI is InChI=1S/C22H37N5/c1-3-23-22(24-11-13-26-16-14-25(4-2)15-17-26)27-12-10-21(19-27)18-20-8-6-5-7-9-20/h5-9,21H,3-4,10-19H2,1-2H3,(H,23,24). The highest BCUT2D eigenvalue weighted by Crippen LogP contribution is 2.20. The second-order valence-corrected chi connectivity index (χ2v) is 7.80. The van der Waals surface area contributed by atoms with Crippen LogP contribution in [0, 0.1) is 5.92 Å². The highest BCUT2D eigenvalue weighted by atomic mass is 15.3. The lowest BCUT2D eigenvalue weighted by atomic mass is 9.99. The molecule has 0 spiro atoms. The average molecular weight is 372 g/mol. The van der Waals surface area contributed by atoms with Crippen LogP contribution in [0.3, 0.4) is 0 Å². The minimum absolute atomic E-state index is 0.735. The molecule has 3 rings (SSSR count). The first-order valence-electron chi connectivity index (χ1n) is 10.8. The summed E-state index contributed by atoms with van der Waals surface area (Å²) in [5.41, 5.74) is 1.46. The molecule has 2 saturated heterocycles. The molecule has 5 heteroatoms. The van der Waals surface area contributed by atoms with Gasteiger partial charge in [0.05, 0.1) is 6.54 Å². The van der Waals surface area contributed by atoms with Crippen LogP contribution >= 0.6 is 0 Å². The normalized spacial score (nSPS) is 22.4. The first-order valence-corrected chi connectivity index (χ1v) is 10.8. The quantitative estimate of drug-likeness (QED) is 0.588. The van der Waals surface area contributed by atoms with Crippen LogP contribution in [-0.4, -0.2) is 86.1 Å². The van der Waals surface area contributed by atoms with Crippen molar-refractivity contribution in [2.75, 3.05) is 65.4 Å². The number of aliphatic imine (C=N–C) groups is 1. The molecule has 2 aliphatic rings. The molecule has 2 fully saturated rings. The molecule has 1 aromatic carbocycles. The Morgan fingerprint density at radius 1 is 1.04 bits per heavy atom. The van der Waals surface area contributed by atoms with E-state index in [2.05, 4.69) is 64.2 Å². The maximum absolute atomic E-state index is 4.95. The van der Waals surface area contributed by atoms with E-state index in [9.17, 15) is 0 Å². The average Bonchev–Trinajstić information content (AvgIpc) is 3.17. The Hall–Kier alpha value is -1.59. The van der Waals surface area contributed by atoms with Crippen LogP contribution in [-0.2, 0) is 6.42 Å². The lowest BCUT2D eigenvalue weighted by Crippen LogP contribution is -2.47. The first kappa shape index (κ1) is 20.2. The summed E-state index contributed by atoms with van der Waals surface area (Å²) in [5.74, 6) is 1.85. The molecule has 27 heavy (non-hydrogen) atoms. The molecule has 0 radical (unpaired) electrons. The van der Waals surface area contributed by atoms with Gasteiger partial charge in [-0.05, 0) is 37.8 Å². The van der Waals surface area contributed by atoms with Gasteiger partial charge >= 0.3 is 0 Å². The summed E-state index contributed by atoms with van der Waals surface area (Å²) >= 11 is 0. The molecule has 1 atom stereocenters. The van der Waals surface area contributed by atoms with Gasteiger partial charge in [0.15, 0.2) is 5.96 Å². The van der Waals surface area contributed by atoms with Crippen LogP contribution in [0.4, 0.5) is 0 Å². The van der Waals surface area contributed by atoms with Crippen molar-refractivity contribution in [1.29, 1.82) is 0 Å². The minimum atomic E-state index is 0.735. The Labute approximate surface area is 165 Å². The third kappa shape index (κ3) is 6.22. The third-order valence-electron chi connectivity index (χ3n) is 5.88. The van der Waals surface area contributed by atoms with E-state index in [0.717, 1.165) is 44.6 Å². The van der Waals surface area contributed by atoms with E-state index in [-0.39, 0.29) is 0 Å². The van der Waals surface area contributed by atoms with Crippen molar-refractivity contribution in [2.45, 2.75) is 26.7 Å². The first-order chi connectivity index (χ1) is 13.3. The summed E-state index contributed by atoms with van der Waals surface area (Å²) in [5, 5.41) is 3.51. The topological polar surface area (TPSA) is 34.1 Å². The van der Waals surface area contributed by atoms with Crippen molar-refractivity contribution in [3.05, 3.63) is 35.9 Å². The Morgan fingerprint density at radius 2 is 1.78 bits per heavy atom. The van der Waals surface area contributed by atoms with Crippen LogP contribution in [0.15, 0.2) is 35.3 Å². The lowest BCUT2D eigenvalue weighted by molar-refractivity contribution is 0.140.